The van der Waals surface area contributed by atoms with E-state index in [9.17, 15) is 13.2 Å². The topological polar surface area (TPSA) is 112 Å². The number of rotatable bonds is 5. The molecule has 0 radical (unpaired) electrons. The number of anilines is 1. The lowest BCUT2D eigenvalue weighted by Crippen LogP contribution is -2.18. The van der Waals surface area contributed by atoms with Crippen LogP contribution < -0.4 is 4.72 Å². The number of aromatic nitrogens is 2. The van der Waals surface area contributed by atoms with E-state index >= 15 is 0 Å². The molecule has 0 unspecified atom stereocenters. The standard InChI is InChI=1S/C10H11N3O4S/c14-10(15)3-4-18(16,17)13-8-1-2-9-7(5-8)6-11-12-9/h1-2,5-6,13H,3-4H2,(H,11,12)(H,14,15). The molecule has 1 heterocycles. The van der Waals surface area contributed by atoms with Crippen LogP contribution in [-0.4, -0.2) is 35.4 Å². The van der Waals surface area contributed by atoms with Crippen molar-refractivity contribution in [2.45, 2.75) is 6.42 Å². The van der Waals surface area contributed by atoms with Crippen LogP contribution >= 0.6 is 0 Å². The number of aliphatic carboxylic acids is 1. The molecule has 1 aromatic carbocycles. The lowest BCUT2D eigenvalue weighted by molar-refractivity contribution is -0.136. The van der Waals surface area contributed by atoms with Gasteiger partial charge in [-0.2, -0.15) is 5.10 Å². The molecule has 2 rings (SSSR count). The second kappa shape index (κ2) is 4.65. The lowest BCUT2D eigenvalue weighted by atomic mass is 10.2. The van der Waals surface area contributed by atoms with Crippen LogP contribution in [0.25, 0.3) is 10.9 Å². The van der Waals surface area contributed by atoms with Gasteiger partial charge in [0.25, 0.3) is 0 Å². The molecule has 0 aliphatic rings. The number of carboxylic acid groups (broad SMARTS) is 1. The molecule has 0 spiro atoms. The lowest BCUT2D eigenvalue weighted by Gasteiger charge is -2.06. The van der Waals surface area contributed by atoms with Crippen molar-refractivity contribution in [1.29, 1.82) is 0 Å². The van der Waals surface area contributed by atoms with E-state index in [1.165, 1.54) is 0 Å². The Bertz CT molecular complexity index is 677. The minimum Gasteiger partial charge on any atom is -0.481 e. The first kappa shape index (κ1) is 12.4. The van der Waals surface area contributed by atoms with E-state index in [1.807, 2.05) is 0 Å². The molecule has 0 aliphatic carbocycles. The van der Waals surface area contributed by atoms with E-state index in [4.69, 9.17) is 5.11 Å². The summed E-state index contributed by atoms with van der Waals surface area (Å²) in [5.41, 5.74) is 1.18. The zero-order chi connectivity index (χ0) is 13.2. The molecule has 18 heavy (non-hydrogen) atoms. The highest BCUT2D eigenvalue weighted by atomic mass is 32.2. The number of sulfonamides is 1. The van der Waals surface area contributed by atoms with Gasteiger partial charge in [-0.25, -0.2) is 8.42 Å². The molecule has 0 saturated heterocycles. The largest absolute Gasteiger partial charge is 0.481 e. The zero-order valence-electron chi connectivity index (χ0n) is 9.25. The van der Waals surface area contributed by atoms with Crippen molar-refractivity contribution < 1.29 is 18.3 Å². The Morgan fingerprint density at radius 2 is 2.22 bits per heavy atom. The summed E-state index contributed by atoms with van der Waals surface area (Å²) < 4.78 is 25.5. The number of H-pyrrole nitrogens is 1. The summed E-state index contributed by atoms with van der Waals surface area (Å²) in [4.78, 5) is 10.3. The second-order valence-electron chi connectivity index (χ2n) is 3.74. The first-order valence-electron chi connectivity index (χ1n) is 5.12. The van der Waals surface area contributed by atoms with E-state index < -0.39 is 28.2 Å². The quantitative estimate of drug-likeness (QED) is 0.742. The average Bonchev–Trinajstić information content (AvgIpc) is 2.73. The minimum atomic E-state index is -3.64. The van der Waals surface area contributed by atoms with Crippen LogP contribution in [0.4, 0.5) is 5.69 Å². The first-order chi connectivity index (χ1) is 8.46. The maximum absolute atomic E-state index is 11.6. The fourth-order valence-electron chi connectivity index (χ4n) is 1.46. The summed E-state index contributed by atoms with van der Waals surface area (Å²) in [5, 5.41) is 15.8. The SMILES string of the molecule is O=C(O)CCS(=O)(=O)Nc1ccc2[nH]ncc2c1. The van der Waals surface area contributed by atoms with Gasteiger partial charge in [-0.15, -0.1) is 0 Å². The van der Waals surface area contributed by atoms with E-state index in [2.05, 4.69) is 14.9 Å². The number of carboxylic acids is 1. The van der Waals surface area contributed by atoms with Crippen LogP contribution in [0.5, 0.6) is 0 Å². The highest BCUT2D eigenvalue weighted by molar-refractivity contribution is 7.92. The second-order valence-corrected chi connectivity index (χ2v) is 5.58. The Kier molecular flexibility index (Phi) is 3.19. The van der Waals surface area contributed by atoms with E-state index in [0.29, 0.717) is 5.69 Å². The Balaban J connectivity index is 2.14. The molecule has 96 valence electrons. The summed E-state index contributed by atoms with van der Waals surface area (Å²) in [6.07, 6.45) is 1.15. The number of nitrogens with one attached hydrogen (secondary N) is 2. The Labute approximate surface area is 103 Å². The predicted molar refractivity (Wildman–Crippen MR) is 65.8 cm³/mol. The van der Waals surface area contributed by atoms with Crippen LogP contribution in [0, 0.1) is 0 Å². The summed E-state index contributed by atoms with van der Waals surface area (Å²) in [6.45, 7) is 0. The van der Waals surface area contributed by atoms with Crippen LogP contribution in [0.2, 0.25) is 0 Å². The van der Waals surface area contributed by atoms with Crippen molar-refractivity contribution in [1.82, 2.24) is 10.2 Å². The van der Waals surface area contributed by atoms with Crippen LogP contribution in [0.3, 0.4) is 0 Å². The predicted octanol–water partition coefficient (Wildman–Crippen LogP) is 0.779. The van der Waals surface area contributed by atoms with Gasteiger partial charge in [0.2, 0.25) is 10.0 Å². The van der Waals surface area contributed by atoms with Gasteiger partial charge in [-0.3, -0.25) is 14.6 Å². The highest BCUT2D eigenvalue weighted by Gasteiger charge is 2.13. The summed E-state index contributed by atoms with van der Waals surface area (Å²) in [5.74, 6) is -1.60. The summed E-state index contributed by atoms with van der Waals surface area (Å²) in [6, 6.07) is 4.90. The van der Waals surface area contributed by atoms with Crippen molar-refractivity contribution in [3.05, 3.63) is 24.4 Å². The van der Waals surface area contributed by atoms with Crippen molar-refractivity contribution in [2.75, 3.05) is 10.5 Å². The maximum Gasteiger partial charge on any atom is 0.304 e. The van der Waals surface area contributed by atoms with Gasteiger partial charge in [0.05, 0.1) is 23.9 Å². The van der Waals surface area contributed by atoms with Crippen molar-refractivity contribution in [3.63, 3.8) is 0 Å². The number of aromatic amines is 1. The number of fused-ring (bicyclic) bond motifs is 1. The molecule has 0 atom stereocenters. The molecule has 2 aromatic rings. The van der Waals surface area contributed by atoms with E-state index in [0.717, 1.165) is 10.9 Å². The smallest absolute Gasteiger partial charge is 0.304 e. The normalized spacial score (nSPS) is 11.6. The molecule has 0 fully saturated rings. The van der Waals surface area contributed by atoms with Gasteiger partial charge in [-0.1, -0.05) is 0 Å². The Hall–Kier alpha value is -2.09. The first-order valence-corrected chi connectivity index (χ1v) is 6.77. The van der Waals surface area contributed by atoms with Gasteiger partial charge in [0, 0.05) is 11.1 Å². The molecule has 0 bridgehead atoms. The monoisotopic (exact) mass is 269 g/mol. The number of hydrogen-bond donors (Lipinski definition) is 3. The Morgan fingerprint density at radius 1 is 1.44 bits per heavy atom. The number of hydrogen-bond acceptors (Lipinski definition) is 4. The van der Waals surface area contributed by atoms with Crippen molar-refractivity contribution in [2.24, 2.45) is 0 Å². The molecule has 8 heteroatoms. The summed E-state index contributed by atoms with van der Waals surface area (Å²) in [7, 11) is -3.64. The molecule has 1 aromatic heterocycles. The third-order valence-electron chi connectivity index (χ3n) is 2.30. The molecule has 0 aliphatic heterocycles. The fourth-order valence-corrected chi connectivity index (χ4v) is 2.49. The van der Waals surface area contributed by atoms with Gasteiger partial charge >= 0.3 is 5.97 Å². The Morgan fingerprint density at radius 3 is 2.94 bits per heavy atom. The minimum absolute atomic E-state index is 0.384. The third kappa shape index (κ3) is 2.98. The summed E-state index contributed by atoms with van der Waals surface area (Å²) >= 11 is 0. The third-order valence-corrected chi connectivity index (χ3v) is 3.59. The van der Waals surface area contributed by atoms with Crippen LogP contribution in [-0.2, 0) is 14.8 Å². The molecule has 0 amide bonds. The van der Waals surface area contributed by atoms with Crippen molar-refractivity contribution >= 4 is 32.6 Å². The fraction of sp³-hybridized carbons (Fsp3) is 0.200. The molecular weight excluding hydrogens is 258 g/mol. The number of nitrogens with zero attached hydrogens (tertiary/aromatic N) is 1. The van der Waals surface area contributed by atoms with Gasteiger partial charge in [-0.05, 0) is 18.2 Å². The van der Waals surface area contributed by atoms with Crippen molar-refractivity contribution in [3.8, 4) is 0 Å². The van der Waals surface area contributed by atoms with Crippen LogP contribution in [0.1, 0.15) is 6.42 Å². The van der Waals surface area contributed by atoms with Crippen LogP contribution in [0.15, 0.2) is 24.4 Å². The molecule has 3 N–H and O–H groups in total. The van der Waals surface area contributed by atoms with Gasteiger partial charge < -0.3 is 5.11 Å². The van der Waals surface area contributed by atoms with Gasteiger partial charge in [0.1, 0.15) is 0 Å². The van der Waals surface area contributed by atoms with E-state index in [-0.39, 0.29) is 0 Å². The molecular formula is C10H11N3O4S. The van der Waals surface area contributed by atoms with Gasteiger partial charge in [0.15, 0.2) is 0 Å². The maximum atomic E-state index is 11.6. The molecule has 0 saturated carbocycles. The zero-order valence-corrected chi connectivity index (χ0v) is 10.1. The average molecular weight is 269 g/mol. The molecule has 7 nitrogen and oxygen atoms in total. The number of carbonyl (C=O) groups is 1. The van der Waals surface area contributed by atoms with E-state index in [1.54, 1.807) is 24.4 Å². The highest BCUT2D eigenvalue weighted by Crippen LogP contribution is 2.17. The number of benzene rings is 1.